The molecule has 1 aliphatic heterocycles. The molecule has 1 amide bonds. The van der Waals surface area contributed by atoms with Crippen molar-refractivity contribution in [2.24, 2.45) is 5.92 Å². The summed E-state index contributed by atoms with van der Waals surface area (Å²) in [6, 6.07) is 5.83. The van der Waals surface area contributed by atoms with Gasteiger partial charge < -0.3 is 19.0 Å². The molecule has 3 rings (SSSR count). The first-order valence-corrected chi connectivity index (χ1v) is 11.1. The summed E-state index contributed by atoms with van der Waals surface area (Å²) in [5, 5.41) is 2.88. The van der Waals surface area contributed by atoms with E-state index in [0.717, 1.165) is 16.5 Å². The average molecular weight is 447 g/mol. The van der Waals surface area contributed by atoms with Crippen molar-refractivity contribution < 1.29 is 18.8 Å². The molecule has 2 N–H and O–H groups in total. The summed E-state index contributed by atoms with van der Waals surface area (Å²) in [5.74, 6) is 0.476. The lowest BCUT2D eigenvalue weighted by atomic mass is 9.79. The Balaban J connectivity index is 1.91. The van der Waals surface area contributed by atoms with Gasteiger partial charge in [0, 0.05) is 0 Å². The molecule has 0 radical (unpaired) electrons. The van der Waals surface area contributed by atoms with Crippen molar-refractivity contribution in [1.82, 2.24) is 15.3 Å². The highest BCUT2D eigenvalue weighted by atomic mass is 32.1. The van der Waals surface area contributed by atoms with Gasteiger partial charge in [-0.1, -0.05) is 19.9 Å². The fourth-order valence-electron chi connectivity index (χ4n) is 3.27. The van der Waals surface area contributed by atoms with Gasteiger partial charge >= 0.3 is 13.2 Å². The van der Waals surface area contributed by atoms with Crippen LogP contribution in [0.15, 0.2) is 18.2 Å². The fourth-order valence-corrected chi connectivity index (χ4v) is 3.47. The predicted octanol–water partition coefficient (Wildman–Crippen LogP) is 4.13. The van der Waals surface area contributed by atoms with Gasteiger partial charge in [0.25, 0.3) is 0 Å². The molecule has 1 fully saturated rings. The zero-order valence-corrected chi connectivity index (χ0v) is 20.8. The Labute approximate surface area is 190 Å². The Kier molecular flexibility index (Phi) is 5.95. The van der Waals surface area contributed by atoms with E-state index >= 15 is 0 Å². The number of carbonyl (C=O) groups is 1. The first kappa shape index (κ1) is 23.9. The number of nitrogens with one attached hydrogen (secondary N) is 2. The smallest absolute Gasteiger partial charge is 0.444 e. The van der Waals surface area contributed by atoms with Gasteiger partial charge in [0.15, 0.2) is 0 Å². The van der Waals surface area contributed by atoms with E-state index in [2.05, 4.69) is 10.3 Å². The van der Waals surface area contributed by atoms with Gasteiger partial charge in [0.1, 0.15) is 16.3 Å². The number of imidazole rings is 1. The molecule has 1 aromatic heterocycles. The van der Waals surface area contributed by atoms with E-state index in [0.29, 0.717) is 5.82 Å². The van der Waals surface area contributed by atoms with E-state index in [4.69, 9.17) is 31.7 Å². The lowest BCUT2D eigenvalue weighted by molar-refractivity contribution is 0.00578. The van der Waals surface area contributed by atoms with Crippen LogP contribution in [0.2, 0.25) is 0 Å². The minimum atomic E-state index is -1.04. The molecule has 1 unspecified atom stereocenters. The molecule has 0 aliphatic carbocycles. The second-order valence-corrected chi connectivity index (χ2v) is 11.2. The molecule has 31 heavy (non-hydrogen) atoms. The summed E-state index contributed by atoms with van der Waals surface area (Å²) in [6.07, 6.45) is -0.547. The van der Waals surface area contributed by atoms with Crippen LogP contribution >= 0.6 is 12.6 Å². The Bertz CT molecular complexity index is 967. The number of ether oxygens (including phenoxy) is 1. The summed E-state index contributed by atoms with van der Waals surface area (Å²) in [5.41, 5.74) is 1.03. The van der Waals surface area contributed by atoms with Crippen molar-refractivity contribution in [3.05, 3.63) is 24.0 Å². The number of carbonyl (C=O) groups excluding carboxylic acids is 1. The molecule has 1 aromatic carbocycles. The van der Waals surface area contributed by atoms with Crippen LogP contribution in [-0.4, -0.2) is 40.0 Å². The first-order valence-electron chi connectivity index (χ1n) is 10.6. The van der Waals surface area contributed by atoms with Crippen LogP contribution in [0.5, 0.6) is 0 Å². The SMILES string of the molecule is CC(C)C(S)(NC(=O)OC(C)(C)C)c1nc2ccc(B3OC(C)(C)C(C)(C)O3)cc2[nH]1. The number of fused-ring (bicyclic) bond motifs is 1. The van der Waals surface area contributed by atoms with Gasteiger partial charge in [0.2, 0.25) is 0 Å². The third-order valence-corrected chi connectivity index (χ3v) is 6.76. The molecule has 170 valence electrons. The molecule has 1 aliphatic rings. The zero-order chi connectivity index (χ0) is 23.4. The number of benzene rings is 1. The predicted molar refractivity (Wildman–Crippen MR) is 127 cm³/mol. The minimum Gasteiger partial charge on any atom is -0.444 e. The van der Waals surface area contributed by atoms with Crippen molar-refractivity contribution in [2.45, 2.75) is 84.0 Å². The lowest BCUT2D eigenvalue weighted by Gasteiger charge is -2.32. The molecule has 1 atom stereocenters. The normalized spacial score (nSPS) is 20.2. The van der Waals surface area contributed by atoms with E-state index in [1.54, 1.807) is 0 Å². The maximum absolute atomic E-state index is 12.5. The first-order chi connectivity index (χ1) is 14.0. The Morgan fingerprint density at radius 1 is 1.19 bits per heavy atom. The number of amides is 1. The van der Waals surface area contributed by atoms with Gasteiger partial charge in [-0.2, -0.15) is 0 Å². The quantitative estimate of drug-likeness (QED) is 0.373. The summed E-state index contributed by atoms with van der Waals surface area (Å²) in [6.45, 7) is 17.5. The maximum Gasteiger partial charge on any atom is 0.494 e. The van der Waals surface area contributed by atoms with Crippen molar-refractivity contribution in [3.8, 4) is 0 Å². The molecule has 2 aromatic rings. The van der Waals surface area contributed by atoms with Gasteiger partial charge in [-0.3, -0.25) is 5.32 Å². The molecule has 2 heterocycles. The highest BCUT2D eigenvalue weighted by Gasteiger charge is 2.51. The molecular weight excluding hydrogens is 413 g/mol. The molecule has 9 heteroatoms. The van der Waals surface area contributed by atoms with Crippen molar-refractivity contribution in [2.75, 3.05) is 0 Å². The van der Waals surface area contributed by atoms with Gasteiger partial charge in [-0.25, -0.2) is 9.78 Å². The van der Waals surface area contributed by atoms with Crippen LogP contribution in [0.25, 0.3) is 11.0 Å². The van der Waals surface area contributed by atoms with E-state index in [9.17, 15) is 4.79 Å². The topological polar surface area (TPSA) is 85.5 Å². The third kappa shape index (κ3) is 4.73. The van der Waals surface area contributed by atoms with Crippen LogP contribution in [0.4, 0.5) is 4.79 Å². The second-order valence-electron chi connectivity index (χ2n) is 10.5. The number of thiol groups is 1. The summed E-state index contributed by atoms with van der Waals surface area (Å²) in [4.78, 5) is 19.4. The molecule has 7 nitrogen and oxygen atoms in total. The number of H-pyrrole nitrogens is 1. The molecule has 1 saturated heterocycles. The number of hydrogen-bond donors (Lipinski definition) is 3. The Hall–Kier alpha value is -1.71. The molecular formula is C22H34BN3O4S. The Morgan fingerprint density at radius 2 is 1.77 bits per heavy atom. The lowest BCUT2D eigenvalue weighted by Crippen LogP contribution is -2.48. The Morgan fingerprint density at radius 3 is 2.29 bits per heavy atom. The van der Waals surface area contributed by atoms with Crippen LogP contribution in [0.3, 0.4) is 0 Å². The van der Waals surface area contributed by atoms with E-state index in [1.165, 1.54) is 0 Å². The minimum absolute atomic E-state index is 0.0634. The van der Waals surface area contributed by atoms with Gasteiger partial charge in [0.05, 0.1) is 22.2 Å². The average Bonchev–Trinajstić information content (AvgIpc) is 3.10. The highest BCUT2D eigenvalue weighted by Crippen LogP contribution is 2.37. The third-order valence-electron chi connectivity index (χ3n) is 5.92. The van der Waals surface area contributed by atoms with Crippen molar-refractivity contribution in [1.29, 1.82) is 0 Å². The van der Waals surface area contributed by atoms with Crippen molar-refractivity contribution >= 4 is 42.3 Å². The van der Waals surface area contributed by atoms with Gasteiger partial charge in [-0.05, 0) is 72.0 Å². The van der Waals surface area contributed by atoms with E-state index < -0.39 is 34.9 Å². The monoisotopic (exact) mass is 447 g/mol. The molecule has 0 spiro atoms. The van der Waals surface area contributed by atoms with Crippen molar-refractivity contribution in [3.63, 3.8) is 0 Å². The largest absolute Gasteiger partial charge is 0.494 e. The van der Waals surface area contributed by atoms with Crippen LogP contribution in [-0.2, 0) is 18.9 Å². The van der Waals surface area contributed by atoms with Crippen LogP contribution < -0.4 is 10.8 Å². The summed E-state index contributed by atoms with van der Waals surface area (Å²) in [7, 11) is -0.466. The number of hydrogen-bond acceptors (Lipinski definition) is 6. The van der Waals surface area contributed by atoms with Crippen LogP contribution in [0, 0.1) is 5.92 Å². The number of nitrogens with zero attached hydrogens (tertiary/aromatic N) is 1. The fraction of sp³-hybridized carbons (Fsp3) is 0.636. The standard InChI is InChI=1S/C22H34BN3O4S/c1-13(2)22(31,26-18(27)28-19(3,4)5)17-24-15-11-10-14(12-16(15)25-17)23-29-20(6,7)21(8,9)30-23/h10-13,31H,1-9H3,(H,24,25)(H,26,27). The second kappa shape index (κ2) is 7.71. The van der Waals surface area contributed by atoms with Gasteiger partial charge in [-0.15, -0.1) is 12.6 Å². The van der Waals surface area contributed by atoms with E-state index in [-0.39, 0.29) is 5.92 Å². The molecule has 0 saturated carbocycles. The highest BCUT2D eigenvalue weighted by molar-refractivity contribution is 7.81. The number of aromatic amines is 1. The van der Waals surface area contributed by atoms with Crippen LogP contribution in [0.1, 0.15) is 68.1 Å². The van der Waals surface area contributed by atoms with E-state index in [1.807, 2.05) is 80.5 Å². The molecule has 0 bridgehead atoms. The summed E-state index contributed by atoms with van der Waals surface area (Å²) >= 11 is 4.81. The number of rotatable bonds is 4. The number of aromatic nitrogens is 2. The maximum atomic E-state index is 12.5. The zero-order valence-electron chi connectivity index (χ0n) is 19.9. The number of alkyl carbamates (subject to hydrolysis) is 1. The summed E-state index contributed by atoms with van der Waals surface area (Å²) < 4.78 is 17.8.